The van der Waals surface area contributed by atoms with Crippen molar-refractivity contribution in [2.75, 3.05) is 0 Å². The second-order valence-electron chi connectivity index (χ2n) is 7.38. The molecule has 1 fully saturated rings. The number of rotatable bonds is 5. The Balaban J connectivity index is 1.70. The molecule has 1 amide bonds. The summed E-state index contributed by atoms with van der Waals surface area (Å²) in [6.07, 6.45) is 2.25. The number of carbonyl (C=O) groups excluding carboxylic acids is 2. The summed E-state index contributed by atoms with van der Waals surface area (Å²) in [5.74, 6) is -2.52. The summed E-state index contributed by atoms with van der Waals surface area (Å²) in [5, 5.41) is 33.4. The zero-order valence-electron chi connectivity index (χ0n) is 15.2. The van der Waals surface area contributed by atoms with E-state index in [0.717, 1.165) is 10.5 Å². The standard InChI is InChI=1S/C18H21N3O5S/c1-8-11(4-19-5-13-20(7-19)12(6-27-13)9(2)22)16(18(25)26)21-15(8)14(10(3)23)17(21)24/h5-10,14-15,22-23H,4H2,1-3H3/t8-,9?,10+,14+,15+/m0/s1. The van der Waals surface area contributed by atoms with Gasteiger partial charge in [-0.1, -0.05) is 18.3 Å². The number of fused-ring (bicyclic) bond motifs is 2. The highest BCUT2D eigenvalue weighted by Gasteiger charge is 2.58. The van der Waals surface area contributed by atoms with Gasteiger partial charge in [0.2, 0.25) is 17.1 Å². The lowest BCUT2D eigenvalue weighted by Crippen LogP contribution is -2.64. The van der Waals surface area contributed by atoms with Crippen LogP contribution in [0.5, 0.6) is 0 Å². The number of aliphatic hydroxyl groups excluding tert-OH is 2. The minimum absolute atomic E-state index is 0.0767. The van der Waals surface area contributed by atoms with Crippen LogP contribution in [0.1, 0.15) is 32.6 Å². The number of hydrogen-bond donors (Lipinski definition) is 2. The number of aromatic nitrogens is 2. The number of nitrogens with zero attached hydrogens (tertiary/aromatic N) is 3. The quantitative estimate of drug-likeness (QED) is 0.513. The lowest BCUT2D eigenvalue weighted by molar-refractivity contribution is -0.688. The van der Waals surface area contributed by atoms with Gasteiger partial charge in [-0.05, 0) is 13.8 Å². The number of aliphatic hydroxyl groups is 2. The molecule has 1 saturated heterocycles. The maximum absolute atomic E-state index is 12.4. The Hall–Kier alpha value is -2.23. The van der Waals surface area contributed by atoms with E-state index in [4.69, 9.17) is 0 Å². The highest BCUT2D eigenvalue weighted by Crippen LogP contribution is 2.46. The van der Waals surface area contributed by atoms with Crippen LogP contribution >= 0.6 is 11.3 Å². The first-order valence-corrected chi connectivity index (χ1v) is 9.72. The maximum atomic E-state index is 12.4. The predicted octanol–water partition coefficient (Wildman–Crippen LogP) is -0.797. The van der Waals surface area contributed by atoms with Gasteiger partial charge in [-0.25, -0.2) is 4.57 Å². The zero-order chi connectivity index (χ0) is 19.6. The van der Waals surface area contributed by atoms with Gasteiger partial charge >= 0.3 is 0 Å². The number of β-lactam (4-membered cyclic amide) rings is 1. The molecule has 0 aliphatic carbocycles. The third-order valence-electron chi connectivity index (χ3n) is 5.65. The summed E-state index contributed by atoms with van der Waals surface area (Å²) in [7, 11) is 0. The lowest BCUT2D eigenvalue weighted by atomic mass is 9.78. The van der Waals surface area contributed by atoms with Crippen molar-refractivity contribution in [1.29, 1.82) is 0 Å². The number of carboxylic acid groups (broad SMARTS) is 1. The van der Waals surface area contributed by atoms with Crippen LogP contribution in [0.4, 0.5) is 0 Å². The summed E-state index contributed by atoms with van der Waals surface area (Å²) in [6, 6.07) is -0.349. The van der Waals surface area contributed by atoms with Crippen LogP contribution in [0.15, 0.2) is 29.2 Å². The molecular formula is C18H21N3O5S. The van der Waals surface area contributed by atoms with E-state index in [2.05, 4.69) is 0 Å². The number of imidazole rings is 1. The molecule has 9 heteroatoms. The minimum atomic E-state index is -1.37. The summed E-state index contributed by atoms with van der Waals surface area (Å²) in [4.78, 5) is 26.3. The van der Waals surface area contributed by atoms with Gasteiger partial charge in [0, 0.05) is 16.9 Å². The van der Waals surface area contributed by atoms with Gasteiger partial charge in [0.25, 0.3) is 0 Å². The first kappa shape index (κ1) is 18.1. The molecule has 2 aromatic heterocycles. The molecule has 1 unspecified atom stereocenters. The molecule has 2 N–H and O–H groups in total. The fraction of sp³-hybridized carbons (Fsp3) is 0.500. The van der Waals surface area contributed by atoms with Gasteiger partial charge in [-0.2, -0.15) is 4.40 Å². The van der Waals surface area contributed by atoms with Crippen LogP contribution in [0.25, 0.3) is 4.83 Å². The molecule has 0 radical (unpaired) electrons. The molecule has 8 nitrogen and oxygen atoms in total. The SMILES string of the molecule is CC(O)c1csc2c[n+](CC3=C(C(=O)[O-])N4C(=O)[C@H]([C@@H](C)O)[C@H]4[C@H]3C)cn12. The molecule has 0 aromatic carbocycles. The number of aliphatic carboxylic acids is 1. The smallest absolute Gasteiger partial charge is 0.250 e. The molecule has 27 heavy (non-hydrogen) atoms. The van der Waals surface area contributed by atoms with Crippen molar-refractivity contribution in [3.63, 3.8) is 0 Å². The summed E-state index contributed by atoms with van der Waals surface area (Å²) in [6.45, 7) is 5.42. The number of thiazole rings is 1. The number of carboxylic acids is 1. The molecule has 2 aromatic rings. The van der Waals surface area contributed by atoms with Crippen molar-refractivity contribution in [2.45, 2.75) is 45.6 Å². The first-order chi connectivity index (χ1) is 12.7. The van der Waals surface area contributed by atoms with E-state index in [1.165, 1.54) is 16.2 Å². The van der Waals surface area contributed by atoms with E-state index in [0.29, 0.717) is 12.1 Å². The Morgan fingerprint density at radius 2 is 2.11 bits per heavy atom. The fourth-order valence-corrected chi connectivity index (χ4v) is 5.34. The average Bonchev–Trinajstić information content (AvgIpc) is 3.19. The second kappa shape index (κ2) is 6.15. The van der Waals surface area contributed by atoms with E-state index in [1.807, 2.05) is 33.8 Å². The Morgan fingerprint density at radius 1 is 1.41 bits per heavy atom. The van der Waals surface area contributed by atoms with Gasteiger partial charge < -0.3 is 25.0 Å². The third-order valence-corrected chi connectivity index (χ3v) is 6.55. The fourth-order valence-electron chi connectivity index (χ4n) is 4.33. The van der Waals surface area contributed by atoms with Crippen LogP contribution < -0.4 is 9.67 Å². The van der Waals surface area contributed by atoms with Gasteiger partial charge in [0.15, 0.2) is 0 Å². The largest absolute Gasteiger partial charge is 0.543 e. The van der Waals surface area contributed by atoms with E-state index in [1.54, 1.807) is 13.8 Å². The van der Waals surface area contributed by atoms with Gasteiger partial charge in [-0.15, -0.1) is 0 Å². The summed E-state index contributed by atoms with van der Waals surface area (Å²) >= 11 is 1.49. The summed E-state index contributed by atoms with van der Waals surface area (Å²) < 4.78 is 3.72. The molecule has 2 aliphatic rings. The molecule has 5 atom stereocenters. The molecule has 2 aliphatic heterocycles. The van der Waals surface area contributed by atoms with E-state index >= 15 is 0 Å². The van der Waals surface area contributed by atoms with Crippen molar-refractivity contribution in [3.8, 4) is 0 Å². The van der Waals surface area contributed by atoms with Crippen molar-refractivity contribution >= 4 is 28.0 Å². The second-order valence-corrected chi connectivity index (χ2v) is 8.27. The molecule has 144 valence electrons. The van der Waals surface area contributed by atoms with Crippen molar-refractivity contribution in [2.24, 2.45) is 11.8 Å². The van der Waals surface area contributed by atoms with E-state index < -0.39 is 24.1 Å². The first-order valence-electron chi connectivity index (χ1n) is 8.84. The minimum Gasteiger partial charge on any atom is -0.543 e. The number of amides is 1. The van der Waals surface area contributed by atoms with Crippen molar-refractivity contribution < 1.29 is 29.5 Å². The topological polar surface area (TPSA) is 109 Å². The van der Waals surface area contributed by atoms with Crippen LogP contribution in [-0.2, 0) is 16.1 Å². The molecule has 4 heterocycles. The number of hydrogen-bond acceptors (Lipinski definition) is 6. The molecule has 4 rings (SSSR count). The van der Waals surface area contributed by atoms with Crippen molar-refractivity contribution in [3.05, 3.63) is 34.9 Å². The van der Waals surface area contributed by atoms with Gasteiger partial charge in [0.1, 0.15) is 24.5 Å². The van der Waals surface area contributed by atoms with Gasteiger partial charge in [-0.3, -0.25) is 4.79 Å². The Bertz CT molecular complexity index is 973. The highest BCUT2D eigenvalue weighted by atomic mass is 32.1. The maximum Gasteiger partial charge on any atom is 0.250 e. The number of carbonyl (C=O) groups is 2. The van der Waals surface area contributed by atoms with Crippen LogP contribution in [0, 0.1) is 11.8 Å². The van der Waals surface area contributed by atoms with Gasteiger partial charge in [0.05, 0.1) is 29.7 Å². The van der Waals surface area contributed by atoms with Crippen molar-refractivity contribution in [1.82, 2.24) is 9.30 Å². The van der Waals surface area contributed by atoms with E-state index in [9.17, 15) is 24.9 Å². The summed E-state index contributed by atoms with van der Waals surface area (Å²) in [5.41, 5.74) is 1.29. The zero-order valence-corrected chi connectivity index (χ0v) is 16.0. The normalized spacial score (nSPS) is 27.1. The average molecular weight is 391 g/mol. The predicted molar refractivity (Wildman–Crippen MR) is 93.1 cm³/mol. The van der Waals surface area contributed by atoms with Crippen LogP contribution in [-0.4, -0.2) is 43.5 Å². The highest BCUT2D eigenvalue weighted by molar-refractivity contribution is 7.15. The molecule has 0 bridgehead atoms. The Labute approximate surface area is 159 Å². The van der Waals surface area contributed by atoms with E-state index in [-0.39, 0.29) is 23.6 Å². The molecule has 0 saturated carbocycles. The Morgan fingerprint density at radius 3 is 2.70 bits per heavy atom. The molecular weight excluding hydrogens is 370 g/mol. The van der Waals surface area contributed by atoms with Crippen LogP contribution in [0.3, 0.4) is 0 Å². The van der Waals surface area contributed by atoms with Crippen LogP contribution in [0.2, 0.25) is 0 Å². The molecule has 0 spiro atoms. The lowest BCUT2D eigenvalue weighted by Gasteiger charge is -2.47. The monoisotopic (exact) mass is 391 g/mol. The third kappa shape index (κ3) is 2.53. The Kier molecular flexibility index (Phi) is 4.13.